The van der Waals surface area contributed by atoms with Crippen molar-refractivity contribution < 1.29 is 36.6 Å². The van der Waals surface area contributed by atoms with Crippen LogP contribution in [0.4, 0.5) is 22.0 Å². The van der Waals surface area contributed by atoms with Gasteiger partial charge in [-0.2, -0.15) is 23.5 Å². The number of carbonyl (C=O) groups excluding carboxylic acids is 2. The van der Waals surface area contributed by atoms with Crippen molar-refractivity contribution in [2.24, 2.45) is 5.92 Å². The van der Waals surface area contributed by atoms with Crippen LogP contribution in [-0.2, 0) is 9.59 Å². The molecular formula is C21H23F5N6O3. The Bertz CT molecular complexity index is 1100. The Morgan fingerprint density at radius 3 is 2.57 bits per heavy atom. The third-order valence-electron chi connectivity index (χ3n) is 5.72. The van der Waals surface area contributed by atoms with Gasteiger partial charge in [0.1, 0.15) is 6.42 Å². The first kappa shape index (κ1) is 26.3. The van der Waals surface area contributed by atoms with Crippen LogP contribution >= 0.6 is 0 Å². The number of fused-ring (bicyclic) bond motifs is 1. The van der Waals surface area contributed by atoms with Crippen molar-refractivity contribution in [1.29, 1.82) is 5.26 Å². The van der Waals surface area contributed by atoms with Gasteiger partial charge in [-0.05, 0) is 24.8 Å². The maximum Gasteiger partial charge on any atom is 0.389 e. The molecule has 0 bridgehead atoms. The van der Waals surface area contributed by atoms with Crippen molar-refractivity contribution >= 4 is 17.5 Å². The molecule has 14 heteroatoms. The second kappa shape index (κ2) is 10.5. The van der Waals surface area contributed by atoms with E-state index < -0.39 is 55.4 Å². The van der Waals surface area contributed by atoms with E-state index in [2.05, 4.69) is 15.4 Å². The number of carbonyl (C=O) groups is 2. The fraction of sp³-hybridized carbons (Fsp3) is 0.571. The molecule has 2 aromatic heterocycles. The zero-order chi connectivity index (χ0) is 25.8. The fourth-order valence-electron chi connectivity index (χ4n) is 3.90. The highest BCUT2D eigenvalue weighted by atomic mass is 19.4. The van der Waals surface area contributed by atoms with Gasteiger partial charge in [0.2, 0.25) is 17.7 Å². The molecule has 0 saturated heterocycles. The number of nitrogens with one attached hydrogen (secondary N) is 2. The lowest BCUT2D eigenvalue weighted by Gasteiger charge is -2.33. The molecular weight excluding hydrogens is 479 g/mol. The molecule has 35 heavy (non-hydrogen) atoms. The van der Waals surface area contributed by atoms with Crippen LogP contribution in [0.25, 0.3) is 5.65 Å². The number of aliphatic hydroxyl groups excluding tert-OH is 1. The molecule has 0 aromatic carbocycles. The fourth-order valence-corrected chi connectivity index (χ4v) is 3.90. The molecule has 0 aliphatic heterocycles. The summed E-state index contributed by atoms with van der Waals surface area (Å²) < 4.78 is 65.4. The van der Waals surface area contributed by atoms with Crippen molar-refractivity contribution in [3.05, 3.63) is 29.7 Å². The Kier molecular flexibility index (Phi) is 7.89. The number of imidazole rings is 1. The van der Waals surface area contributed by atoms with Crippen LogP contribution in [0.1, 0.15) is 68.5 Å². The minimum Gasteiger partial charge on any atom is -0.369 e. The molecule has 2 amide bonds. The molecule has 2 atom stereocenters. The van der Waals surface area contributed by atoms with Crippen LogP contribution in [0, 0.1) is 17.2 Å². The molecule has 2 heterocycles. The van der Waals surface area contributed by atoms with E-state index in [1.807, 2.05) is 5.32 Å². The summed E-state index contributed by atoms with van der Waals surface area (Å²) >= 11 is 0. The van der Waals surface area contributed by atoms with Gasteiger partial charge in [-0.25, -0.2) is 18.3 Å². The molecule has 0 unspecified atom stereocenters. The normalized spacial score (nSPS) is 18.0. The lowest BCUT2D eigenvalue weighted by Crippen LogP contribution is -2.37. The largest absolute Gasteiger partial charge is 0.389 e. The Hall–Kier alpha value is -3.34. The van der Waals surface area contributed by atoms with Gasteiger partial charge < -0.3 is 15.7 Å². The first-order valence-electron chi connectivity index (χ1n) is 10.8. The number of nitrogens with zero attached hydrogens (tertiary/aromatic N) is 4. The maximum atomic E-state index is 13.6. The summed E-state index contributed by atoms with van der Waals surface area (Å²) in [4.78, 5) is 28.1. The summed E-state index contributed by atoms with van der Waals surface area (Å²) in [7, 11) is 0. The van der Waals surface area contributed by atoms with Gasteiger partial charge in [0.15, 0.2) is 11.9 Å². The lowest BCUT2D eigenvalue weighted by atomic mass is 9.81. The molecule has 3 N–H and O–H groups in total. The molecule has 190 valence electrons. The number of nitriles is 1. The molecule has 1 fully saturated rings. The first-order chi connectivity index (χ1) is 16.4. The maximum absolute atomic E-state index is 13.6. The van der Waals surface area contributed by atoms with E-state index in [1.165, 1.54) is 23.0 Å². The van der Waals surface area contributed by atoms with E-state index in [1.54, 1.807) is 6.07 Å². The molecule has 9 nitrogen and oxygen atoms in total. The van der Waals surface area contributed by atoms with Crippen LogP contribution in [0.15, 0.2) is 18.5 Å². The summed E-state index contributed by atoms with van der Waals surface area (Å²) in [6.07, 6.45) is -6.56. The van der Waals surface area contributed by atoms with Crippen molar-refractivity contribution in [3.63, 3.8) is 0 Å². The van der Waals surface area contributed by atoms with Crippen molar-refractivity contribution in [3.8, 4) is 6.07 Å². The van der Waals surface area contributed by atoms with Gasteiger partial charge in [-0.3, -0.25) is 9.59 Å². The number of rotatable bonds is 8. The number of amides is 2. The molecule has 2 aromatic rings. The van der Waals surface area contributed by atoms with Gasteiger partial charge in [0, 0.05) is 24.8 Å². The molecule has 1 aliphatic carbocycles. The van der Waals surface area contributed by atoms with Crippen LogP contribution in [0.5, 0.6) is 0 Å². The van der Waals surface area contributed by atoms with E-state index in [0.717, 1.165) is 0 Å². The van der Waals surface area contributed by atoms with Crippen LogP contribution in [0.2, 0.25) is 0 Å². The SMILES string of the molecule is N#CCC(=O)N[C@H](c1cn2ncc([C@@H](O)NC(=O)CCC(F)(F)F)cc2n1)C1CCC(F)(F)CC1. The Morgan fingerprint density at radius 1 is 1.26 bits per heavy atom. The average Bonchev–Trinajstić information content (AvgIpc) is 3.19. The zero-order valence-electron chi connectivity index (χ0n) is 18.4. The van der Waals surface area contributed by atoms with E-state index in [-0.39, 0.29) is 42.8 Å². The van der Waals surface area contributed by atoms with E-state index >= 15 is 0 Å². The van der Waals surface area contributed by atoms with Crippen LogP contribution in [0.3, 0.4) is 0 Å². The minimum absolute atomic E-state index is 0.0531. The molecule has 1 aliphatic rings. The topological polar surface area (TPSA) is 132 Å². The predicted octanol–water partition coefficient (Wildman–Crippen LogP) is 3.08. The predicted molar refractivity (Wildman–Crippen MR) is 109 cm³/mol. The van der Waals surface area contributed by atoms with Crippen LogP contribution < -0.4 is 10.6 Å². The van der Waals surface area contributed by atoms with Gasteiger partial charge in [-0.15, -0.1) is 0 Å². The Morgan fingerprint density at radius 2 is 1.94 bits per heavy atom. The standard InChI is InChI=1S/C21H23F5N6O3/c22-20(23)5-1-12(2-6-20)18(30-17(34)4-8-27)14-11-32-15(29-14)9-13(10-28-32)19(35)31-16(33)3-7-21(24,25)26/h9-12,18-19,35H,1-7H2,(H,30,34)(H,31,33)/t18-,19+/m0/s1. The average molecular weight is 502 g/mol. The second-order valence-electron chi connectivity index (χ2n) is 8.42. The second-order valence-corrected chi connectivity index (χ2v) is 8.42. The van der Waals surface area contributed by atoms with Crippen molar-refractivity contribution in [2.45, 2.75) is 69.3 Å². The Labute approximate surface area is 196 Å². The highest BCUT2D eigenvalue weighted by Gasteiger charge is 2.39. The Balaban J connectivity index is 1.78. The third kappa shape index (κ3) is 7.32. The first-order valence-corrected chi connectivity index (χ1v) is 10.8. The lowest BCUT2D eigenvalue weighted by molar-refractivity contribution is -0.145. The highest BCUT2D eigenvalue weighted by Crippen LogP contribution is 2.41. The molecule has 1 saturated carbocycles. The van der Waals surface area contributed by atoms with Gasteiger partial charge in [0.25, 0.3) is 0 Å². The monoisotopic (exact) mass is 502 g/mol. The van der Waals surface area contributed by atoms with E-state index in [9.17, 15) is 36.6 Å². The molecule has 0 radical (unpaired) electrons. The molecule has 0 spiro atoms. The number of halogens is 5. The van der Waals surface area contributed by atoms with Crippen LogP contribution in [-0.4, -0.2) is 43.6 Å². The van der Waals surface area contributed by atoms with Crippen molar-refractivity contribution in [1.82, 2.24) is 25.2 Å². The quantitative estimate of drug-likeness (QED) is 0.376. The van der Waals surface area contributed by atoms with Gasteiger partial charge in [-0.1, -0.05) is 0 Å². The summed E-state index contributed by atoms with van der Waals surface area (Å²) in [5.41, 5.74) is 0.541. The summed E-state index contributed by atoms with van der Waals surface area (Å²) in [6, 6.07) is 2.31. The number of aliphatic hydroxyl groups is 1. The van der Waals surface area contributed by atoms with Gasteiger partial charge in [0.05, 0.1) is 36.6 Å². The van der Waals surface area contributed by atoms with E-state index in [0.29, 0.717) is 5.69 Å². The number of hydrogen-bond donors (Lipinski definition) is 3. The van der Waals surface area contributed by atoms with Crippen molar-refractivity contribution in [2.75, 3.05) is 0 Å². The van der Waals surface area contributed by atoms with Gasteiger partial charge >= 0.3 is 6.18 Å². The smallest absolute Gasteiger partial charge is 0.369 e. The summed E-state index contributed by atoms with van der Waals surface area (Å²) in [6.45, 7) is 0. The number of alkyl halides is 5. The third-order valence-corrected chi connectivity index (χ3v) is 5.72. The molecule has 3 rings (SSSR count). The summed E-state index contributed by atoms with van der Waals surface area (Å²) in [5, 5.41) is 27.7. The number of hydrogen-bond acceptors (Lipinski definition) is 6. The van der Waals surface area contributed by atoms with E-state index in [4.69, 9.17) is 5.26 Å². The number of aromatic nitrogens is 3. The summed E-state index contributed by atoms with van der Waals surface area (Å²) in [5.74, 6) is -4.74. The minimum atomic E-state index is -4.51. The highest BCUT2D eigenvalue weighted by molar-refractivity contribution is 5.78. The zero-order valence-corrected chi connectivity index (χ0v) is 18.4.